The lowest BCUT2D eigenvalue weighted by atomic mass is 9.75. The fraction of sp³-hybridized carbons (Fsp3) is 0.389. The van der Waals surface area contributed by atoms with Crippen LogP contribution in [-0.2, 0) is 9.31 Å². The summed E-state index contributed by atoms with van der Waals surface area (Å²) in [5, 5.41) is 0. The first-order valence-electron chi connectivity index (χ1n) is 7.80. The van der Waals surface area contributed by atoms with Crippen molar-refractivity contribution in [2.24, 2.45) is 0 Å². The Bertz CT molecular complexity index is 685. The maximum Gasteiger partial charge on any atom is 0.495 e. The topological polar surface area (TPSA) is 40.6 Å². The van der Waals surface area contributed by atoms with Gasteiger partial charge in [-0.1, -0.05) is 18.2 Å². The van der Waals surface area contributed by atoms with Crippen molar-refractivity contribution in [1.29, 1.82) is 0 Å². The van der Waals surface area contributed by atoms with Gasteiger partial charge in [0.05, 0.1) is 24.0 Å². The van der Waals surface area contributed by atoms with Gasteiger partial charge in [-0.05, 0) is 51.4 Å². The van der Waals surface area contributed by atoms with E-state index < -0.39 is 7.12 Å². The lowest BCUT2D eigenvalue weighted by Crippen LogP contribution is -2.41. The van der Waals surface area contributed by atoms with Gasteiger partial charge < -0.3 is 14.0 Å². The third-order valence-corrected chi connectivity index (χ3v) is 4.71. The summed E-state index contributed by atoms with van der Waals surface area (Å²) >= 11 is 0. The molecule has 0 saturated carbocycles. The predicted octanol–water partition coefficient (Wildman–Crippen LogP) is 3.06. The number of methoxy groups -OCH3 is 1. The van der Waals surface area contributed by atoms with Crippen LogP contribution in [0.25, 0.3) is 11.3 Å². The van der Waals surface area contributed by atoms with Crippen molar-refractivity contribution in [3.63, 3.8) is 0 Å². The van der Waals surface area contributed by atoms with Crippen LogP contribution in [0.15, 0.2) is 42.6 Å². The summed E-state index contributed by atoms with van der Waals surface area (Å²) in [4.78, 5) is 4.47. The highest BCUT2D eigenvalue weighted by molar-refractivity contribution is 6.64. The molecule has 0 unspecified atom stereocenters. The standard InChI is InChI=1S/C18H22BNO3/c1-17(2)18(3,4)23-19(22-17)13-9-8-11-15(21-5)16(13)14-10-6-7-12-20-14/h6-12H,1-5H3. The van der Waals surface area contributed by atoms with E-state index >= 15 is 0 Å². The Balaban J connectivity index is 2.11. The highest BCUT2D eigenvalue weighted by atomic mass is 16.7. The van der Waals surface area contributed by atoms with Gasteiger partial charge in [0.25, 0.3) is 0 Å². The Morgan fingerprint density at radius 1 is 0.957 bits per heavy atom. The molecule has 23 heavy (non-hydrogen) atoms. The molecule has 1 aliphatic rings. The van der Waals surface area contributed by atoms with Crippen LogP contribution in [0.3, 0.4) is 0 Å². The first-order valence-corrected chi connectivity index (χ1v) is 7.80. The van der Waals surface area contributed by atoms with Crippen molar-refractivity contribution >= 4 is 12.6 Å². The normalized spacial score (nSPS) is 18.9. The van der Waals surface area contributed by atoms with Crippen molar-refractivity contribution in [3.8, 4) is 17.0 Å². The Hall–Kier alpha value is -1.85. The third kappa shape index (κ3) is 2.75. The molecule has 0 spiro atoms. The maximum absolute atomic E-state index is 6.21. The molecule has 2 heterocycles. The molecule has 3 rings (SSSR count). The summed E-state index contributed by atoms with van der Waals surface area (Å²) in [5.41, 5.74) is 1.91. The molecule has 0 aliphatic carbocycles. The number of hydrogen-bond acceptors (Lipinski definition) is 4. The molecule has 1 aromatic heterocycles. The largest absolute Gasteiger partial charge is 0.496 e. The zero-order chi connectivity index (χ0) is 16.7. The van der Waals surface area contributed by atoms with Gasteiger partial charge in [0, 0.05) is 11.8 Å². The molecule has 0 radical (unpaired) electrons. The number of ether oxygens (including phenoxy) is 1. The minimum atomic E-state index is -0.452. The fourth-order valence-electron chi connectivity index (χ4n) is 2.67. The number of benzene rings is 1. The van der Waals surface area contributed by atoms with Gasteiger partial charge >= 0.3 is 7.12 Å². The molecule has 1 fully saturated rings. The van der Waals surface area contributed by atoms with Gasteiger partial charge in [-0.25, -0.2) is 0 Å². The van der Waals surface area contributed by atoms with E-state index in [1.165, 1.54) is 0 Å². The van der Waals surface area contributed by atoms with Crippen molar-refractivity contribution in [1.82, 2.24) is 4.98 Å². The summed E-state index contributed by atoms with van der Waals surface area (Å²) in [6.45, 7) is 8.20. The van der Waals surface area contributed by atoms with Crippen molar-refractivity contribution in [2.45, 2.75) is 38.9 Å². The number of nitrogens with zero attached hydrogens (tertiary/aromatic N) is 1. The van der Waals surface area contributed by atoms with E-state index in [0.29, 0.717) is 0 Å². The van der Waals surface area contributed by atoms with Crippen molar-refractivity contribution < 1.29 is 14.0 Å². The molecule has 2 aromatic rings. The highest BCUT2D eigenvalue weighted by Crippen LogP contribution is 2.38. The lowest BCUT2D eigenvalue weighted by Gasteiger charge is -2.32. The maximum atomic E-state index is 6.21. The SMILES string of the molecule is COc1cccc(B2OC(C)(C)C(C)(C)O2)c1-c1ccccn1. The van der Waals surface area contributed by atoms with Gasteiger partial charge in [0.15, 0.2) is 0 Å². The second-order valence-corrected chi connectivity index (χ2v) is 6.73. The number of pyridine rings is 1. The van der Waals surface area contributed by atoms with E-state index in [4.69, 9.17) is 14.0 Å². The van der Waals surface area contributed by atoms with Crippen LogP contribution in [0, 0.1) is 0 Å². The molecule has 0 N–H and O–H groups in total. The molecule has 5 heteroatoms. The molecular weight excluding hydrogens is 289 g/mol. The minimum absolute atomic E-state index is 0.387. The van der Waals surface area contributed by atoms with E-state index in [9.17, 15) is 0 Å². The Morgan fingerprint density at radius 3 is 2.22 bits per heavy atom. The lowest BCUT2D eigenvalue weighted by molar-refractivity contribution is 0.00578. The van der Waals surface area contributed by atoms with Crippen LogP contribution in [0.5, 0.6) is 5.75 Å². The van der Waals surface area contributed by atoms with E-state index in [1.807, 2.05) is 64.1 Å². The minimum Gasteiger partial charge on any atom is -0.496 e. The average molecular weight is 311 g/mol. The van der Waals surface area contributed by atoms with E-state index in [1.54, 1.807) is 13.3 Å². The van der Waals surface area contributed by atoms with Crippen LogP contribution >= 0.6 is 0 Å². The van der Waals surface area contributed by atoms with Gasteiger partial charge in [-0.3, -0.25) is 4.98 Å². The summed E-state index contributed by atoms with van der Waals surface area (Å²) in [6, 6.07) is 11.7. The van der Waals surface area contributed by atoms with Crippen LogP contribution in [-0.4, -0.2) is 30.4 Å². The van der Waals surface area contributed by atoms with Crippen molar-refractivity contribution in [2.75, 3.05) is 7.11 Å². The molecular formula is C18H22BNO3. The summed E-state index contributed by atoms with van der Waals surface area (Å²) in [7, 11) is 1.21. The number of aromatic nitrogens is 1. The predicted molar refractivity (Wildman–Crippen MR) is 91.9 cm³/mol. The smallest absolute Gasteiger partial charge is 0.495 e. The zero-order valence-electron chi connectivity index (χ0n) is 14.3. The van der Waals surface area contributed by atoms with Gasteiger partial charge in [0.2, 0.25) is 0 Å². The quantitative estimate of drug-likeness (QED) is 0.817. The number of hydrogen-bond donors (Lipinski definition) is 0. The van der Waals surface area contributed by atoms with Crippen LogP contribution in [0.2, 0.25) is 0 Å². The first-order chi connectivity index (χ1) is 10.9. The first kappa shape index (κ1) is 16.0. The second-order valence-electron chi connectivity index (χ2n) is 6.73. The van der Waals surface area contributed by atoms with E-state index in [2.05, 4.69) is 4.98 Å². The third-order valence-electron chi connectivity index (χ3n) is 4.71. The highest BCUT2D eigenvalue weighted by Gasteiger charge is 2.52. The molecule has 4 nitrogen and oxygen atoms in total. The van der Waals surface area contributed by atoms with Crippen LogP contribution < -0.4 is 10.2 Å². The van der Waals surface area contributed by atoms with Gasteiger partial charge in [-0.15, -0.1) is 0 Å². The van der Waals surface area contributed by atoms with Crippen LogP contribution in [0.4, 0.5) is 0 Å². The molecule has 1 aliphatic heterocycles. The molecule has 0 amide bonds. The Morgan fingerprint density at radius 2 is 1.65 bits per heavy atom. The molecule has 1 saturated heterocycles. The fourth-order valence-corrected chi connectivity index (χ4v) is 2.67. The van der Waals surface area contributed by atoms with E-state index in [0.717, 1.165) is 22.5 Å². The summed E-state index contributed by atoms with van der Waals surface area (Å²) in [6.07, 6.45) is 1.77. The average Bonchev–Trinajstić information content (AvgIpc) is 2.75. The van der Waals surface area contributed by atoms with Crippen molar-refractivity contribution in [3.05, 3.63) is 42.6 Å². The van der Waals surface area contributed by atoms with E-state index in [-0.39, 0.29) is 11.2 Å². The summed E-state index contributed by atoms with van der Waals surface area (Å²) in [5.74, 6) is 0.760. The Kier molecular flexibility index (Phi) is 3.94. The Labute approximate surface area is 137 Å². The molecule has 0 atom stereocenters. The van der Waals surface area contributed by atoms with Gasteiger partial charge in [0.1, 0.15) is 5.75 Å². The molecule has 1 aromatic carbocycles. The zero-order valence-corrected chi connectivity index (χ0v) is 14.3. The molecule has 120 valence electrons. The van der Waals surface area contributed by atoms with Crippen LogP contribution in [0.1, 0.15) is 27.7 Å². The second kappa shape index (κ2) is 5.66. The number of rotatable bonds is 3. The molecule has 0 bridgehead atoms. The summed E-state index contributed by atoms with van der Waals surface area (Å²) < 4.78 is 18.0. The van der Waals surface area contributed by atoms with Gasteiger partial charge in [-0.2, -0.15) is 0 Å². The monoisotopic (exact) mass is 311 g/mol.